The van der Waals surface area contributed by atoms with Crippen LogP contribution in [0.1, 0.15) is 55.7 Å². The number of carbonyl (C=O) groups excluding carboxylic acids is 2. The minimum atomic E-state index is -4.19. The van der Waals surface area contributed by atoms with Crippen LogP contribution in [0.25, 0.3) is 0 Å². The molecule has 3 aromatic carbocycles. The summed E-state index contributed by atoms with van der Waals surface area (Å²) in [5, 5.41) is 3.47. The number of anilines is 1. The van der Waals surface area contributed by atoms with Gasteiger partial charge in [0.1, 0.15) is 18.3 Å². The molecule has 0 bridgehead atoms. The molecule has 4 rings (SSSR count). The third-order valence-corrected chi connectivity index (χ3v) is 9.91. The van der Waals surface area contributed by atoms with E-state index >= 15 is 0 Å². The summed E-state index contributed by atoms with van der Waals surface area (Å²) in [6, 6.07) is 18.0. The van der Waals surface area contributed by atoms with Crippen LogP contribution < -0.4 is 14.4 Å². The first-order chi connectivity index (χ1) is 20.5. The number of sulfonamides is 1. The summed E-state index contributed by atoms with van der Waals surface area (Å²) in [6.45, 7) is 5.07. The van der Waals surface area contributed by atoms with Crippen molar-refractivity contribution in [2.75, 3.05) is 18.0 Å². The molecule has 0 aliphatic heterocycles. The second-order valence-electron chi connectivity index (χ2n) is 11.0. The molecule has 1 saturated carbocycles. The van der Waals surface area contributed by atoms with Gasteiger partial charge in [-0.05, 0) is 80.6 Å². The van der Waals surface area contributed by atoms with E-state index in [0.717, 1.165) is 41.1 Å². The zero-order chi connectivity index (χ0) is 31.1. The molecule has 10 heteroatoms. The maximum absolute atomic E-state index is 14.3. The van der Waals surface area contributed by atoms with E-state index in [1.54, 1.807) is 50.4 Å². The Balaban J connectivity index is 1.75. The Bertz CT molecular complexity index is 1540. The third kappa shape index (κ3) is 7.89. The van der Waals surface area contributed by atoms with Crippen molar-refractivity contribution in [1.29, 1.82) is 0 Å². The normalized spacial score (nSPS) is 14.3. The Hall–Kier alpha value is -3.56. The largest absolute Gasteiger partial charge is 0.497 e. The fraction of sp³-hybridized carbons (Fsp3) is 0.394. The van der Waals surface area contributed by atoms with Crippen molar-refractivity contribution in [3.63, 3.8) is 0 Å². The summed E-state index contributed by atoms with van der Waals surface area (Å²) in [6.07, 6.45) is 4.28. The van der Waals surface area contributed by atoms with Crippen molar-refractivity contribution in [2.24, 2.45) is 0 Å². The highest BCUT2D eigenvalue weighted by atomic mass is 35.5. The number of aryl methyl sites for hydroxylation is 2. The zero-order valence-electron chi connectivity index (χ0n) is 25.2. The molecule has 0 saturated heterocycles. The predicted molar refractivity (Wildman–Crippen MR) is 170 cm³/mol. The lowest BCUT2D eigenvalue weighted by atomic mass is 10.1. The Morgan fingerprint density at radius 3 is 2.37 bits per heavy atom. The van der Waals surface area contributed by atoms with Crippen molar-refractivity contribution in [2.45, 2.75) is 76.4 Å². The van der Waals surface area contributed by atoms with E-state index in [4.69, 9.17) is 16.3 Å². The molecule has 3 aromatic rings. The predicted octanol–water partition coefficient (Wildman–Crippen LogP) is 6.03. The van der Waals surface area contributed by atoms with Crippen LogP contribution in [0.3, 0.4) is 0 Å². The maximum Gasteiger partial charge on any atom is 0.264 e. The van der Waals surface area contributed by atoms with Crippen LogP contribution in [-0.2, 0) is 26.2 Å². The number of halogens is 1. The highest BCUT2D eigenvalue weighted by Crippen LogP contribution is 2.30. The van der Waals surface area contributed by atoms with Crippen LogP contribution in [0.2, 0.25) is 5.02 Å². The smallest absolute Gasteiger partial charge is 0.264 e. The van der Waals surface area contributed by atoms with E-state index in [1.165, 1.54) is 17.0 Å². The van der Waals surface area contributed by atoms with E-state index in [0.29, 0.717) is 28.4 Å². The minimum absolute atomic E-state index is 0.0515. The molecule has 0 unspecified atom stereocenters. The van der Waals surface area contributed by atoms with Gasteiger partial charge in [0.25, 0.3) is 10.0 Å². The van der Waals surface area contributed by atoms with Crippen LogP contribution in [-0.4, -0.2) is 50.9 Å². The van der Waals surface area contributed by atoms with E-state index in [1.807, 2.05) is 32.0 Å². The lowest BCUT2D eigenvalue weighted by Crippen LogP contribution is -2.53. The number of amides is 2. The van der Waals surface area contributed by atoms with Gasteiger partial charge in [0.05, 0.1) is 17.7 Å². The molecule has 0 heterocycles. The molecule has 8 nitrogen and oxygen atoms in total. The summed E-state index contributed by atoms with van der Waals surface area (Å²) in [7, 11) is -2.62. The number of nitrogens with one attached hydrogen (secondary N) is 1. The molecule has 0 radical (unpaired) electrons. The second kappa shape index (κ2) is 14.3. The van der Waals surface area contributed by atoms with Crippen LogP contribution in [0.15, 0.2) is 71.6 Å². The first-order valence-electron chi connectivity index (χ1n) is 14.6. The topological polar surface area (TPSA) is 96.0 Å². The SMILES string of the molecule is CC[C@H](C(=O)NC1CCCC1)N(Cc1cccc(OC)c1)C(=O)CN(c1cc(Cl)ccc1C)S(=O)(=O)c1ccc(C)cc1. The molecule has 43 heavy (non-hydrogen) atoms. The van der Waals surface area contributed by atoms with Gasteiger partial charge in [-0.2, -0.15) is 0 Å². The van der Waals surface area contributed by atoms with Gasteiger partial charge >= 0.3 is 0 Å². The van der Waals surface area contributed by atoms with E-state index in [2.05, 4.69) is 5.32 Å². The van der Waals surface area contributed by atoms with Crippen LogP contribution >= 0.6 is 11.6 Å². The first-order valence-corrected chi connectivity index (χ1v) is 16.4. The number of nitrogens with zero attached hydrogens (tertiary/aromatic N) is 2. The fourth-order valence-corrected chi connectivity index (χ4v) is 7.09. The number of ether oxygens (including phenoxy) is 1. The zero-order valence-corrected chi connectivity index (χ0v) is 26.7. The summed E-state index contributed by atoms with van der Waals surface area (Å²) in [4.78, 5) is 29.5. The van der Waals surface area contributed by atoms with Crippen molar-refractivity contribution in [1.82, 2.24) is 10.2 Å². The molecule has 0 spiro atoms. The van der Waals surface area contributed by atoms with E-state index in [-0.39, 0.29) is 23.4 Å². The summed E-state index contributed by atoms with van der Waals surface area (Å²) < 4.78 is 34.7. The van der Waals surface area contributed by atoms with Gasteiger partial charge in [0, 0.05) is 17.6 Å². The molecule has 0 aromatic heterocycles. The van der Waals surface area contributed by atoms with E-state index in [9.17, 15) is 18.0 Å². The molecular formula is C33H40ClN3O5S. The number of methoxy groups -OCH3 is 1. The quantitative estimate of drug-likeness (QED) is 0.265. The number of carbonyl (C=O) groups is 2. The van der Waals surface area contributed by atoms with E-state index < -0.39 is 28.5 Å². The summed E-state index contributed by atoms with van der Waals surface area (Å²) in [5.41, 5.74) is 2.60. The van der Waals surface area contributed by atoms with Gasteiger partial charge in [-0.15, -0.1) is 0 Å². The molecule has 2 amide bonds. The molecule has 1 aliphatic rings. The van der Waals surface area contributed by atoms with Crippen molar-refractivity contribution in [3.05, 3.63) is 88.4 Å². The van der Waals surface area contributed by atoms with Gasteiger partial charge in [-0.3, -0.25) is 13.9 Å². The van der Waals surface area contributed by atoms with Gasteiger partial charge in [-0.25, -0.2) is 8.42 Å². The molecule has 1 N–H and O–H groups in total. The lowest BCUT2D eigenvalue weighted by molar-refractivity contribution is -0.140. The Labute approximate surface area is 260 Å². The molecule has 230 valence electrons. The molecule has 1 aliphatic carbocycles. The minimum Gasteiger partial charge on any atom is -0.497 e. The number of hydrogen-bond donors (Lipinski definition) is 1. The average Bonchev–Trinajstić information content (AvgIpc) is 3.50. The standard InChI is InChI=1S/C33H40ClN3O5S/c1-5-30(33(39)35-27-10-6-7-11-27)36(21-25-9-8-12-28(19-25)42-4)32(38)22-37(31-20-26(34)16-15-24(31)3)43(40,41)29-17-13-23(2)14-18-29/h8-9,12-20,27,30H,5-7,10-11,21-22H2,1-4H3,(H,35,39)/t30-/m1/s1. The Morgan fingerprint density at radius 1 is 1.02 bits per heavy atom. The maximum atomic E-state index is 14.3. The number of benzene rings is 3. The third-order valence-electron chi connectivity index (χ3n) is 7.90. The second-order valence-corrected chi connectivity index (χ2v) is 13.3. The van der Waals surface area contributed by atoms with Gasteiger partial charge < -0.3 is 15.0 Å². The lowest BCUT2D eigenvalue weighted by Gasteiger charge is -2.34. The monoisotopic (exact) mass is 625 g/mol. The first kappa shape index (κ1) is 32.4. The Kier molecular flexibility index (Phi) is 10.7. The molecule has 1 atom stereocenters. The van der Waals surface area contributed by atoms with Crippen LogP contribution in [0.5, 0.6) is 5.75 Å². The van der Waals surface area contributed by atoms with Crippen LogP contribution in [0, 0.1) is 13.8 Å². The highest BCUT2D eigenvalue weighted by Gasteiger charge is 2.35. The van der Waals surface area contributed by atoms with Crippen molar-refractivity contribution >= 4 is 39.1 Å². The molecular weight excluding hydrogens is 586 g/mol. The van der Waals surface area contributed by atoms with Gasteiger partial charge in [0.2, 0.25) is 11.8 Å². The highest BCUT2D eigenvalue weighted by molar-refractivity contribution is 7.92. The summed E-state index contributed by atoms with van der Waals surface area (Å²) >= 11 is 6.33. The van der Waals surface area contributed by atoms with Crippen molar-refractivity contribution < 1.29 is 22.7 Å². The summed E-state index contributed by atoms with van der Waals surface area (Å²) in [5.74, 6) is -0.129. The van der Waals surface area contributed by atoms with Crippen molar-refractivity contribution in [3.8, 4) is 5.75 Å². The average molecular weight is 626 g/mol. The van der Waals surface area contributed by atoms with Gasteiger partial charge in [0.15, 0.2) is 0 Å². The number of rotatable bonds is 12. The fourth-order valence-electron chi connectivity index (χ4n) is 5.46. The van der Waals surface area contributed by atoms with Crippen LogP contribution in [0.4, 0.5) is 5.69 Å². The number of hydrogen-bond acceptors (Lipinski definition) is 5. The molecule has 1 fully saturated rings. The van der Waals surface area contributed by atoms with Gasteiger partial charge in [-0.1, -0.05) is 67.3 Å². The Morgan fingerprint density at radius 2 is 1.72 bits per heavy atom.